The molecular formula is C17H18ClNO4. The van der Waals surface area contributed by atoms with E-state index >= 15 is 0 Å². The number of hydrogen-bond acceptors (Lipinski definition) is 5. The van der Waals surface area contributed by atoms with Crippen LogP contribution in [0, 0.1) is 6.92 Å². The summed E-state index contributed by atoms with van der Waals surface area (Å²) in [7, 11) is 1.55. The average molecular weight is 336 g/mol. The molecule has 23 heavy (non-hydrogen) atoms. The van der Waals surface area contributed by atoms with E-state index in [0.717, 1.165) is 11.3 Å². The Balaban J connectivity index is 1.89. The maximum Gasteiger partial charge on any atom is 0.161 e. The van der Waals surface area contributed by atoms with Crippen molar-refractivity contribution in [3.63, 3.8) is 0 Å². The number of benzene rings is 2. The summed E-state index contributed by atoms with van der Waals surface area (Å²) in [5, 5.41) is 12.2. The second-order valence-corrected chi connectivity index (χ2v) is 5.17. The molecule has 2 aromatic rings. The van der Waals surface area contributed by atoms with Crippen molar-refractivity contribution in [2.24, 2.45) is 5.16 Å². The Bertz CT molecular complexity index is 688. The predicted octanol–water partition coefficient (Wildman–Crippen LogP) is 3.92. The topological polar surface area (TPSA) is 60.3 Å². The number of halogens is 1. The fourth-order valence-corrected chi connectivity index (χ4v) is 2.09. The number of rotatable bonds is 7. The minimum absolute atomic E-state index is 0.367. The summed E-state index contributed by atoms with van der Waals surface area (Å²) >= 11 is 5.97. The molecule has 122 valence electrons. The predicted molar refractivity (Wildman–Crippen MR) is 89.6 cm³/mol. The van der Waals surface area contributed by atoms with Gasteiger partial charge in [0.05, 0.1) is 13.3 Å². The molecule has 0 aliphatic heterocycles. The molecule has 6 heteroatoms. The lowest BCUT2D eigenvalue weighted by Gasteiger charge is -2.12. The van der Waals surface area contributed by atoms with Gasteiger partial charge in [0, 0.05) is 10.6 Å². The van der Waals surface area contributed by atoms with Gasteiger partial charge >= 0.3 is 0 Å². The molecule has 5 nitrogen and oxygen atoms in total. The van der Waals surface area contributed by atoms with Crippen LogP contribution in [0.25, 0.3) is 0 Å². The monoisotopic (exact) mass is 335 g/mol. The van der Waals surface area contributed by atoms with Gasteiger partial charge in [0.15, 0.2) is 11.5 Å². The molecule has 0 aliphatic carbocycles. The summed E-state index contributed by atoms with van der Waals surface area (Å²) in [4.78, 5) is 0. The van der Waals surface area contributed by atoms with Gasteiger partial charge in [0.25, 0.3) is 0 Å². The number of oxime groups is 1. The van der Waals surface area contributed by atoms with Crippen molar-refractivity contribution in [1.82, 2.24) is 0 Å². The first-order valence-electron chi connectivity index (χ1n) is 7.01. The Morgan fingerprint density at radius 3 is 2.57 bits per heavy atom. The molecule has 0 aromatic heterocycles. The quantitative estimate of drug-likeness (QED) is 0.360. The van der Waals surface area contributed by atoms with E-state index in [2.05, 4.69) is 5.16 Å². The van der Waals surface area contributed by atoms with Crippen LogP contribution in [0.15, 0.2) is 41.6 Å². The molecule has 0 radical (unpaired) electrons. The average Bonchev–Trinajstić information content (AvgIpc) is 2.56. The van der Waals surface area contributed by atoms with Gasteiger partial charge in [-0.1, -0.05) is 16.8 Å². The van der Waals surface area contributed by atoms with Crippen LogP contribution < -0.4 is 14.2 Å². The van der Waals surface area contributed by atoms with E-state index < -0.39 is 0 Å². The largest absolute Gasteiger partial charge is 0.493 e. The fraction of sp³-hybridized carbons (Fsp3) is 0.235. The number of aryl methyl sites for hydroxylation is 1. The summed E-state index contributed by atoms with van der Waals surface area (Å²) in [5.41, 5.74) is 1.68. The molecule has 0 fully saturated rings. The highest BCUT2D eigenvalue weighted by molar-refractivity contribution is 6.31. The van der Waals surface area contributed by atoms with E-state index in [1.165, 1.54) is 6.21 Å². The van der Waals surface area contributed by atoms with Crippen molar-refractivity contribution in [3.8, 4) is 17.2 Å². The van der Waals surface area contributed by atoms with Crippen molar-refractivity contribution >= 4 is 17.8 Å². The molecule has 0 saturated heterocycles. The number of nitrogens with zero attached hydrogens (tertiary/aromatic N) is 1. The lowest BCUT2D eigenvalue weighted by molar-refractivity contribution is 0.211. The Labute approximate surface area is 140 Å². The number of methoxy groups -OCH3 is 1. The van der Waals surface area contributed by atoms with Gasteiger partial charge in [-0.3, -0.25) is 0 Å². The Kier molecular flexibility index (Phi) is 6.11. The zero-order valence-corrected chi connectivity index (χ0v) is 13.7. The summed E-state index contributed by atoms with van der Waals surface area (Å²) < 4.78 is 16.5. The molecule has 0 unspecified atom stereocenters. The highest BCUT2D eigenvalue weighted by atomic mass is 35.5. The van der Waals surface area contributed by atoms with Crippen LogP contribution >= 0.6 is 11.6 Å². The smallest absolute Gasteiger partial charge is 0.161 e. The third-order valence-electron chi connectivity index (χ3n) is 3.13. The maximum atomic E-state index is 8.54. The molecule has 2 aromatic carbocycles. The van der Waals surface area contributed by atoms with Crippen LogP contribution in [-0.4, -0.2) is 31.7 Å². The maximum absolute atomic E-state index is 8.54. The highest BCUT2D eigenvalue weighted by Gasteiger charge is 2.05. The zero-order valence-electron chi connectivity index (χ0n) is 13.0. The SMILES string of the molecule is COc1cc(C=NO)ccc1OCCOc1ccc(Cl)c(C)c1. The van der Waals surface area contributed by atoms with E-state index in [-0.39, 0.29) is 0 Å². The molecule has 0 saturated carbocycles. The first-order valence-corrected chi connectivity index (χ1v) is 7.39. The molecule has 0 bridgehead atoms. The van der Waals surface area contributed by atoms with E-state index in [9.17, 15) is 0 Å². The first kappa shape index (κ1) is 17.0. The standard InChI is InChI=1S/C17H18ClNO4/c1-12-9-14(4-5-15(12)18)22-7-8-23-16-6-3-13(11-19-20)10-17(16)21-2/h3-6,9-11,20H,7-8H2,1-2H3. The molecule has 0 amide bonds. The summed E-state index contributed by atoms with van der Waals surface area (Å²) in [5.74, 6) is 1.90. The second-order valence-electron chi connectivity index (χ2n) is 4.76. The number of hydrogen-bond donors (Lipinski definition) is 1. The molecule has 1 N–H and O–H groups in total. The molecule has 0 aliphatic rings. The third-order valence-corrected chi connectivity index (χ3v) is 3.56. The van der Waals surface area contributed by atoms with Crippen molar-refractivity contribution in [2.45, 2.75) is 6.92 Å². The molecule has 0 heterocycles. The van der Waals surface area contributed by atoms with Gasteiger partial charge in [-0.15, -0.1) is 0 Å². The summed E-state index contributed by atoms with van der Waals surface area (Å²) in [6.45, 7) is 2.68. The lowest BCUT2D eigenvalue weighted by Crippen LogP contribution is -2.09. The molecule has 2 rings (SSSR count). The first-order chi connectivity index (χ1) is 11.1. The van der Waals surface area contributed by atoms with Crippen molar-refractivity contribution in [1.29, 1.82) is 0 Å². The molecule has 0 spiro atoms. The van der Waals surface area contributed by atoms with E-state index in [0.29, 0.717) is 35.3 Å². The van der Waals surface area contributed by atoms with Crippen LogP contribution in [0.3, 0.4) is 0 Å². The van der Waals surface area contributed by atoms with Crippen molar-refractivity contribution in [2.75, 3.05) is 20.3 Å². The molecule has 0 atom stereocenters. The van der Waals surface area contributed by atoms with E-state index in [1.807, 2.05) is 19.1 Å². The van der Waals surface area contributed by atoms with Crippen LogP contribution in [0.2, 0.25) is 5.02 Å². The number of ether oxygens (including phenoxy) is 3. The Morgan fingerprint density at radius 2 is 1.87 bits per heavy atom. The lowest BCUT2D eigenvalue weighted by atomic mass is 10.2. The highest BCUT2D eigenvalue weighted by Crippen LogP contribution is 2.27. The minimum atomic E-state index is 0.367. The summed E-state index contributed by atoms with van der Waals surface area (Å²) in [6, 6.07) is 10.7. The van der Waals surface area contributed by atoms with Crippen molar-refractivity contribution < 1.29 is 19.4 Å². The summed E-state index contributed by atoms with van der Waals surface area (Å²) in [6.07, 6.45) is 1.32. The van der Waals surface area contributed by atoms with Crippen LogP contribution in [-0.2, 0) is 0 Å². The van der Waals surface area contributed by atoms with Gasteiger partial charge in [-0.2, -0.15) is 0 Å². The molecular weight excluding hydrogens is 318 g/mol. The Hall–Kier alpha value is -2.40. The van der Waals surface area contributed by atoms with Gasteiger partial charge < -0.3 is 19.4 Å². The van der Waals surface area contributed by atoms with Crippen molar-refractivity contribution in [3.05, 3.63) is 52.5 Å². The van der Waals surface area contributed by atoms with Gasteiger partial charge in [0.2, 0.25) is 0 Å². The van der Waals surface area contributed by atoms with Crippen LogP contribution in [0.5, 0.6) is 17.2 Å². The van der Waals surface area contributed by atoms with E-state index in [1.54, 1.807) is 31.4 Å². The van der Waals surface area contributed by atoms with E-state index in [4.69, 9.17) is 31.0 Å². The van der Waals surface area contributed by atoms with Crippen LogP contribution in [0.4, 0.5) is 0 Å². The third kappa shape index (κ3) is 4.79. The minimum Gasteiger partial charge on any atom is -0.493 e. The normalized spacial score (nSPS) is 10.7. The second kappa shape index (κ2) is 8.29. The Morgan fingerprint density at radius 1 is 1.09 bits per heavy atom. The van der Waals surface area contributed by atoms with Gasteiger partial charge in [0.1, 0.15) is 19.0 Å². The zero-order chi connectivity index (χ0) is 16.7. The van der Waals surface area contributed by atoms with Gasteiger partial charge in [-0.25, -0.2) is 0 Å². The van der Waals surface area contributed by atoms with Gasteiger partial charge in [-0.05, 0) is 48.9 Å². The fourth-order valence-electron chi connectivity index (χ4n) is 1.97. The van der Waals surface area contributed by atoms with Crippen LogP contribution in [0.1, 0.15) is 11.1 Å².